The Morgan fingerprint density at radius 3 is 2.61 bits per heavy atom. The maximum atomic E-state index is 12.1. The third-order valence-electron chi connectivity index (χ3n) is 3.20. The predicted molar refractivity (Wildman–Crippen MR) is 96.4 cm³/mol. The fourth-order valence-electron chi connectivity index (χ4n) is 2.13. The minimum atomic E-state index is -0.142. The van der Waals surface area contributed by atoms with E-state index in [1.165, 1.54) is 0 Å². The van der Waals surface area contributed by atoms with Gasteiger partial charge in [0.1, 0.15) is 13.2 Å². The van der Waals surface area contributed by atoms with E-state index >= 15 is 0 Å². The quantitative estimate of drug-likeness (QED) is 0.751. The van der Waals surface area contributed by atoms with Crippen LogP contribution < -0.4 is 20.1 Å². The van der Waals surface area contributed by atoms with Crippen molar-refractivity contribution in [2.45, 2.75) is 0 Å². The monoisotopic (exact) mass is 440 g/mol. The summed E-state index contributed by atoms with van der Waals surface area (Å²) in [5.41, 5.74) is 1.53. The number of carbonyl (C=O) groups is 1. The first-order chi connectivity index (χ1) is 11.1. The first kappa shape index (κ1) is 16.1. The molecule has 0 fully saturated rings. The molecule has 23 heavy (non-hydrogen) atoms. The SMILES string of the molecule is O=C(CNc1ccc(Br)cc1Br)Nc1ccc2c(c1)OCCO2. The molecule has 0 atom stereocenters. The topological polar surface area (TPSA) is 59.6 Å². The molecule has 5 nitrogen and oxygen atoms in total. The van der Waals surface area contributed by atoms with Crippen molar-refractivity contribution in [1.29, 1.82) is 0 Å². The summed E-state index contributed by atoms with van der Waals surface area (Å²) in [6.07, 6.45) is 0. The molecule has 1 aliphatic heterocycles. The van der Waals surface area contributed by atoms with Gasteiger partial charge in [0.2, 0.25) is 5.91 Å². The first-order valence-electron chi connectivity index (χ1n) is 7.00. The Kier molecular flexibility index (Phi) is 5.07. The van der Waals surface area contributed by atoms with E-state index in [0.29, 0.717) is 30.4 Å². The van der Waals surface area contributed by atoms with Crippen LogP contribution >= 0.6 is 31.9 Å². The zero-order valence-electron chi connectivity index (χ0n) is 12.1. The standard InChI is InChI=1S/C16H14Br2N2O3/c17-10-1-3-13(12(18)7-10)19-9-16(21)20-11-2-4-14-15(8-11)23-6-5-22-14/h1-4,7-8,19H,5-6,9H2,(H,20,21). The molecule has 0 spiro atoms. The zero-order valence-corrected chi connectivity index (χ0v) is 15.2. The van der Waals surface area contributed by atoms with Crippen molar-refractivity contribution in [3.63, 3.8) is 0 Å². The van der Waals surface area contributed by atoms with Crippen molar-refractivity contribution in [3.8, 4) is 11.5 Å². The Labute approximate surface area is 150 Å². The molecule has 2 aromatic carbocycles. The first-order valence-corrected chi connectivity index (χ1v) is 8.59. The van der Waals surface area contributed by atoms with Crippen LogP contribution in [0.2, 0.25) is 0 Å². The van der Waals surface area contributed by atoms with Crippen molar-refractivity contribution in [2.24, 2.45) is 0 Å². The molecular formula is C16H14Br2N2O3. The van der Waals surface area contributed by atoms with Gasteiger partial charge in [-0.1, -0.05) is 15.9 Å². The summed E-state index contributed by atoms with van der Waals surface area (Å²) in [6, 6.07) is 11.1. The highest BCUT2D eigenvalue weighted by Crippen LogP contribution is 2.32. The van der Waals surface area contributed by atoms with Gasteiger partial charge in [-0.25, -0.2) is 0 Å². The molecule has 2 aromatic rings. The Balaban J connectivity index is 1.59. The van der Waals surface area contributed by atoms with Gasteiger partial charge in [0, 0.05) is 26.4 Å². The maximum absolute atomic E-state index is 12.1. The van der Waals surface area contributed by atoms with Crippen LogP contribution in [0.4, 0.5) is 11.4 Å². The second kappa shape index (κ2) is 7.23. The minimum Gasteiger partial charge on any atom is -0.486 e. The van der Waals surface area contributed by atoms with Gasteiger partial charge in [0.15, 0.2) is 11.5 Å². The van der Waals surface area contributed by atoms with Crippen LogP contribution in [0.3, 0.4) is 0 Å². The Bertz CT molecular complexity index is 737. The lowest BCUT2D eigenvalue weighted by molar-refractivity contribution is -0.114. The second-order valence-corrected chi connectivity index (χ2v) is 6.65. The van der Waals surface area contributed by atoms with Crippen molar-refractivity contribution in [1.82, 2.24) is 0 Å². The average Bonchev–Trinajstić information content (AvgIpc) is 2.54. The number of amides is 1. The lowest BCUT2D eigenvalue weighted by atomic mass is 10.2. The van der Waals surface area contributed by atoms with Crippen molar-refractivity contribution < 1.29 is 14.3 Å². The maximum Gasteiger partial charge on any atom is 0.243 e. The summed E-state index contributed by atoms with van der Waals surface area (Å²) in [5.74, 6) is 1.21. The number of anilines is 2. The third-order valence-corrected chi connectivity index (χ3v) is 4.35. The highest BCUT2D eigenvalue weighted by molar-refractivity contribution is 9.11. The molecule has 3 rings (SSSR count). The Morgan fingerprint density at radius 2 is 1.83 bits per heavy atom. The molecule has 120 valence electrons. The molecule has 1 aliphatic rings. The summed E-state index contributed by atoms with van der Waals surface area (Å²) in [7, 11) is 0. The number of ether oxygens (including phenoxy) is 2. The van der Waals surface area contributed by atoms with E-state index in [4.69, 9.17) is 9.47 Å². The van der Waals surface area contributed by atoms with E-state index in [0.717, 1.165) is 14.6 Å². The van der Waals surface area contributed by atoms with Crippen LogP contribution in [-0.2, 0) is 4.79 Å². The fraction of sp³-hybridized carbons (Fsp3) is 0.188. The molecule has 0 aromatic heterocycles. The second-order valence-electron chi connectivity index (χ2n) is 4.88. The van der Waals surface area contributed by atoms with E-state index in [-0.39, 0.29) is 12.5 Å². The van der Waals surface area contributed by atoms with Crippen LogP contribution in [-0.4, -0.2) is 25.7 Å². The fourth-order valence-corrected chi connectivity index (χ4v) is 3.32. The summed E-state index contributed by atoms with van der Waals surface area (Å²) >= 11 is 6.84. The number of rotatable bonds is 4. The predicted octanol–water partition coefficient (Wildman–Crippen LogP) is 4.03. The average molecular weight is 442 g/mol. The molecule has 0 saturated heterocycles. The van der Waals surface area contributed by atoms with E-state index in [1.807, 2.05) is 18.2 Å². The summed E-state index contributed by atoms with van der Waals surface area (Å²) < 4.78 is 12.8. The lowest BCUT2D eigenvalue weighted by Crippen LogP contribution is -2.22. The summed E-state index contributed by atoms with van der Waals surface area (Å²) in [6.45, 7) is 1.23. The van der Waals surface area contributed by atoms with E-state index in [1.54, 1.807) is 18.2 Å². The number of carbonyl (C=O) groups excluding carboxylic acids is 1. The van der Waals surface area contributed by atoms with Crippen LogP contribution in [0.5, 0.6) is 11.5 Å². The van der Waals surface area contributed by atoms with Crippen LogP contribution in [0, 0.1) is 0 Å². The van der Waals surface area contributed by atoms with Gasteiger partial charge >= 0.3 is 0 Å². The number of hydrogen-bond donors (Lipinski definition) is 2. The molecule has 0 bridgehead atoms. The Morgan fingerprint density at radius 1 is 1.04 bits per heavy atom. The molecule has 7 heteroatoms. The van der Waals surface area contributed by atoms with Gasteiger partial charge in [-0.15, -0.1) is 0 Å². The largest absolute Gasteiger partial charge is 0.486 e. The highest BCUT2D eigenvalue weighted by Gasteiger charge is 2.12. The summed E-state index contributed by atoms with van der Waals surface area (Å²) in [4.78, 5) is 12.1. The van der Waals surface area contributed by atoms with Crippen LogP contribution in [0.1, 0.15) is 0 Å². The molecule has 1 heterocycles. The van der Waals surface area contributed by atoms with Gasteiger partial charge in [0.05, 0.1) is 6.54 Å². The summed E-state index contributed by atoms with van der Waals surface area (Å²) in [5, 5.41) is 5.92. The third kappa shape index (κ3) is 4.17. The number of fused-ring (bicyclic) bond motifs is 1. The van der Waals surface area contributed by atoms with Crippen LogP contribution in [0.25, 0.3) is 0 Å². The smallest absolute Gasteiger partial charge is 0.243 e. The molecule has 1 amide bonds. The van der Waals surface area contributed by atoms with Gasteiger partial charge in [-0.3, -0.25) is 4.79 Å². The van der Waals surface area contributed by atoms with Crippen molar-refractivity contribution >= 4 is 49.1 Å². The number of hydrogen-bond acceptors (Lipinski definition) is 4. The van der Waals surface area contributed by atoms with Gasteiger partial charge in [-0.05, 0) is 46.3 Å². The van der Waals surface area contributed by atoms with Gasteiger partial charge in [-0.2, -0.15) is 0 Å². The molecule has 2 N–H and O–H groups in total. The molecule has 0 unspecified atom stereocenters. The zero-order chi connectivity index (χ0) is 16.2. The lowest BCUT2D eigenvalue weighted by Gasteiger charge is -2.19. The van der Waals surface area contributed by atoms with Crippen LogP contribution in [0.15, 0.2) is 45.3 Å². The molecule has 0 saturated carbocycles. The highest BCUT2D eigenvalue weighted by atomic mass is 79.9. The molecular weight excluding hydrogens is 428 g/mol. The van der Waals surface area contributed by atoms with Gasteiger partial charge < -0.3 is 20.1 Å². The van der Waals surface area contributed by atoms with E-state index in [9.17, 15) is 4.79 Å². The minimum absolute atomic E-state index is 0.142. The van der Waals surface area contributed by atoms with Gasteiger partial charge in [0.25, 0.3) is 0 Å². The van der Waals surface area contributed by atoms with E-state index in [2.05, 4.69) is 42.5 Å². The normalized spacial score (nSPS) is 12.6. The molecule has 0 aliphatic carbocycles. The number of benzene rings is 2. The molecule has 0 radical (unpaired) electrons. The Hall–Kier alpha value is -1.73. The van der Waals surface area contributed by atoms with Crippen molar-refractivity contribution in [3.05, 3.63) is 45.3 Å². The number of nitrogens with one attached hydrogen (secondary N) is 2. The number of halogens is 2. The van der Waals surface area contributed by atoms with Crippen molar-refractivity contribution in [2.75, 3.05) is 30.4 Å². The van der Waals surface area contributed by atoms with E-state index < -0.39 is 0 Å².